The smallest absolute Gasteiger partial charge is 0.211 e. The van der Waals surface area contributed by atoms with Crippen LogP contribution >= 0.6 is 0 Å². The molecule has 2 aliphatic heterocycles. The molecule has 2 saturated heterocycles. The molecule has 150 valence electrons. The first-order chi connectivity index (χ1) is 12.5. The highest BCUT2D eigenvalue weighted by Crippen LogP contribution is 2.77. The van der Waals surface area contributed by atoms with Gasteiger partial charge in [0.1, 0.15) is 11.5 Å². The number of carbonyl (C=O) groups excluding carboxylic acids is 1. The van der Waals surface area contributed by atoms with E-state index in [0.717, 1.165) is 0 Å². The summed E-state index contributed by atoms with van der Waals surface area (Å²) in [6.07, 6.45) is -3.43. The van der Waals surface area contributed by atoms with Crippen molar-refractivity contribution in [3.8, 4) is 0 Å². The summed E-state index contributed by atoms with van der Waals surface area (Å²) in [4.78, 5) is 13.4. The number of ether oxygens (including phenoxy) is 1. The summed E-state index contributed by atoms with van der Waals surface area (Å²) in [5, 5.41) is 56.2. The zero-order valence-electron chi connectivity index (χ0n) is 15.6. The van der Waals surface area contributed by atoms with Crippen molar-refractivity contribution >= 4 is 5.78 Å². The van der Waals surface area contributed by atoms with Crippen LogP contribution in [0.5, 0.6) is 0 Å². The normalized spacial score (nSPS) is 60.9. The maximum absolute atomic E-state index is 13.4. The van der Waals surface area contributed by atoms with Crippen molar-refractivity contribution < 1.29 is 35.1 Å². The first kappa shape index (κ1) is 18.2. The quantitative estimate of drug-likeness (QED) is 0.365. The molecular weight excluding hydrogens is 352 g/mol. The molecule has 0 aromatic carbocycles. The van der Waals surface area contributed by atoms with Gasteiger partial charge in [0.05, 0.1) is 17.6 Å². The molecule has 7 heteroatoms. The lowest BCUT2D eigenvalue weighted by molar-refractivity contribution is -0.507. The first-order valence-corrected chi connectivity index (χ1v) is 9.85. The van der Waals surface area contributed by atoms with Gasteiger partial charge in [0, 0.05) is 11.8 Å². The monoisotopic (exact) mass is 380 g/mol. The Hall–Kier alpha value is -0.830. The summed E-state index contributed by atoms with van der Waals surface area (Å²) in [6, 6.07) is 0. The zero-order valence-corrected chi connectivity index (χ0v) is 15.6. The maximum atomic E-state index is 13.4. The van der Waals surface area contributed by atoms with Gasteiger partial charge >= 0.3 is 0 Å². The predicted octanol–water partition coefficient (Wildman–Crippen LogP) is -0.306. The van der Waals surface area contributed by atoms with Crippen LogP contribution in [-0.4, -0.2) is 61.7 Å². The van der Waals surface area contributed by atoms with Crippen molar-refractivity contribution in [2.75, 3.05) is 0 Å². The van der Waals surface area contributed by atoms with Crippen molar-refractivity contribution in [1.82, 2.24) is 0 Å². The highest BCUT2D eigenvalue weighted by atomic mass is 16.7. The molecule has 27 heavy (non-hydrogen) atoms. The Morgan fingerprint density at radius 3 is 2.41 bits per heavy atom. The minimum Gasteiger partial charge on any atom is -0.392 e. The van der Waals surface area contributed by atoms with E-state index in [-0.39, 0.29) is 5.57 Å². The van der Waals surface area contributed by atoms with Gasteiger partial charge in [-0.25, -0.2) is 0 Å². The van der Waals surface area contributed by atoms with Crippen LogP contribution < -0.4 is 0 Å². The van der Waals surface area contributed by atoms with Gasteiger partial charge in [-0.1, -0.05) is 20.4 Å². The summed E-state index contributed by atoms with van der Waals surface area (Å²) < 4.78 is 5.57. The Bertz CT molecular complexity index is 749. The first-order valence-electron chi connectivity index (χ1n) is 9.85. The molecule has 0 aromatic rings. The van der Waals surface area contributed by atoms with E-state index >= 15 is 0 Å². The summed E-state index contributed by atoms with van der Waals surface area (Å²) >= 11 is 0. The summed E-state index contributed by atoms with van der Waals surface area (Å²) in [5.41, 5.74) is -3.41. The van der Waals surface area contributed by atoms with Crippen LogP contribution in [-0.2, 0) is 9.53 Å². The van der Waals surface area contributed by atoms with Crippen molar-refractivity contribution in [3.63, 3.8) is 0 Å². The molecule has 0 aromatic heterocycles. The Morgan fingerprint density at radius 2 is 1.74 bits per heavy atom. The molecule has 5 N–H and O–H groups in total. The number of ketones is 1. The lowest BCUT2D eigenvalue weighted by atomic mass is 9.35. The number of hydrogen-bond acceptors (Lipinski definition) is 7. The second-order valence-corrected chi connectivity index (χ2v) is 10.0. The van der Waals surface area contributed by atoms with E-state index in [4.69, 9.17) is 4.74 Å². The Labute approximate surface area is 157 Å². The molecular formula is C20H28O7. The number of hydrogen-bond donors (Lipinski definition) is 5. The Morgan fingerprint density at radius 1 is 1.07 bits per heavy atom. The molecule has 6 rings (SSSR count). The molecule has 4 bridgehead atoms. The molecule has 2 spiro atoms. The highest BCUT2D eigenvalue weighted by molar-refractivity contribution is 6.05. The fourth-order valence-electron chi connectivity index (χ4n) is 7.96. The van der Waals surface area contributed by atoms with E-state index in [1.54, 1.807) is 0 Å². The van der Waals surface area contributed by atoms with E-state index in [1.165, 1.54) is 0 Å². The third-order valence-electron chi connectivity index (χ3n) is 8.93. The minimum atomic E-state index is -2.42. The molecule has 4 saturated carbocycles. The standard InChI is InChI=1S/C20H28O7/c1-8-9-4-5-10-18-11(21)6-7-17(2,3)12(18)15(24)20(26,27-16(18)25)19(10,13(8)22)14(9)23/h9-12,14-16,21,23-26H,1,4-7H2,2-3H3. The van der Waals surface area contributed by atoms with Crippen LogP contribution in [0.1, 0.15) is 39.5 Å². The molecule has 0 amide bonds. The Balaban J connectivity index is 1.84. The number of Topliss-reactive ketones (excluding diaryl/α,β-unsaturated/α-hetero) is 1. The molecule has 7 nitrogen and oxygen atoms in total. The van der Waals surface area contributed by atoms with Gasteiger partial charge in [0.15, 0.2) is 12.1 Å². The second kappa shape index (κ2) is 4.83. The van der Waals surface area contributed by atoms with Gasteiger partial charge in [-0.3, -0.25) is 4.79 Å². The molecule has 0 radical (unpaired) electrons. The van der Waals surface area contributed by atoms with Crippen LogP contribution in [0.4, 0.5) is 0 Å². The fourth-order valence-corrected chi connectivity index (χ4v) is 7.96. The number of aliphatic hydroxyl groups is 5. The van der Waals surface area contributed by atoms with Crippen LogP contribution in [0.25, 0.3) is 0 Å². The highest BCUT2D eigenvalue weighted by Gasteiger charge is 2.88. The Kier molecular flexibility index (Phi) is 3.26. The molecule has 10 unspecified atom stereocenters. The molecule has 6 fully saturated rings. The zero-order chi connectivity index (χ0) is 19.7. The summed E-state index contributed by atoms with van der Waals surface area (Å²) in [5.74, 6) is -4.83. The third-order valence-corrected chi connectivity index (χ3v) is 8.93. The molecule has 10 atom stereocenters. The van der Waals surface area contributed by atoms with Gasteiger partial charge in [-0.2, -0.15) is 0 Å². The molecule has 6 aliphatic rings. The maximum Gasteiger partial charge on any atom is 0.211 e. The molecule has 2 heterocycles. The number of fused-ring (bicyclic) bond motifs is 2. The lowest BCUT2D eigenvalue weighted by Gasteiger charge is -2.75. The van der Waals surface area contributed by atoms with Gasteiger partial charge < -0.3 is 30.3 Å². The van der Waals surface area contributed by atoms with Crippen LogP contribution in [0, 0.1) is 34.0 Å². The van der Waals surface area contributed by atoms with E-state index < -0.39 is 70.2 Å². The SMILES string of the molecule is C=C1C(=O)C23C(O)C1CCC2C12C(O)CCC(C)(C)C1C(O)C3(O)OC2O. The van der Waals surface area contributed by atoms with Crippen molar-refractivity contribution in [2.45, 2.75) is 69.9 Å². The lowest BCUT2D eigenvalue weighted by Crippen LogP contribution is -2.87. The fraction of sp³-hybridized carbons (Fsp3) is 0.850. The van der Waals surface area contributed by atoms with Crippen molar-refractivity contribution in [3.05, 3.63) is 12.2 Å². The van der Waals surface area contributed by atoms with Crippen molar-refractivity contribution in [2.24, 2.45) is 34.0 Å². The average Bonchev–Trinajstić information content (AvgIpc) is 2.70. The van der Waals surface area contributed by atoms with Gasteiger partial charge in [-0.15, -0.1) is 0 Å². The largest absolute Gasteiger partial charge is 0.392 e. The number of carbonyl (C=O) groups is 1. The van der Waals surface area contributed by atoms with Crippen molar-refractivity contribution in [1.29, 1.82) is 0 Å². The van der Waals surface area contributed by atoms with Crippen LogP contribution in [0.3, 0.4) is 0 Å². The van der Waals surface area contributed by atoms with Crippen LogP contribution in [0.2, 0.25) is 0 Å². The van der Waals surface area contributed by atoms with Gasteiger partial charge in [0.25, 0.3) is 0 Å². The molecule has 4 aliphatic carbocycles. The second-order valence-electron chi connectivity index (χ2n) is 10.0. The average molecular weight is 380 g/mol. The van der Waals surface area contributed by atoms with Crippen LogP contribution in [0.15, 0.2) is 12.2 Å². The van der Waals surface area contributed by atoms with E-state index in [9.17, 15) is 30.3 Å². The van der Waals surface area contributed by atoms with E-state index in [2.05, 4.69) is 6.58 Å². The van der Waals surface area contributed by atoms with Gasteiger partial charge in [-0.05, 0) is 42.6 Å². The number of aliphatic hydroxyl groups excluding tert-OH is 4. The number of rotatable bonds is 0. The minimum absolute atomic E-state index is 0.230. The van der Waals surface area contributed by atoms with E-state index in [0.29, 0.717) is 25.7 Å². The van der Waals surface area contributed by atoms with E-state index in [1.807, 2.05) is 13.8 Å². The van der Waals surface area contributed by atoms with Gasteiger partial charge in [0.2, 0.25) is 5.79 Å². The predicted molar refractivity (Wildman–Crippen MR) is 91.8 cm³/mol. The summed E-state index contributed by atoms with van der Waals surface area (Å²) in [7, 11) is 0. The topological polar surface area (TPSA) is 127 Å². The third kappa shape index (κ3) is 1.52. The summed E-state index contributed by atoms with van der Waals surface area (Å²) in [6.45, 7) is 7.72.